The van der Waals surface area contributed by atoms with Gasteiger partial charge in [0.25, 0.3) is 0 Å². The lowest BCUT2D eigenvalue weighted by atomic mass is 9.88. The fourth-order valence-corrected chi connectivity index (χ4v) is 5.34. The highest BCUT2D eigenvalue weighted by molar-refractivity contribution is 5.74. The van der Waals surface area contributed by atoms with Gasteiger partial charge in [-0.25, -0.2) is 19.2 Å². The monoisotopic (exact) mass is 565 g/mol. The normalized spacial score (nSPS) is 17.5. The second-order valence-electron chi connectivity index (χ2n) is 11.5. The van der Waals surface area contributed by atoms with Crippen LogP contribution in [-0.4, -0.2) is 34.8 Å². The molecule has 6 nitrogen and oxygen atoms in total. The maximum absolute atomic E-state index is 13.9. The van der Waals surface area contributed by atoms with Crippen molar-refractivity contribution in [2.45, 2.75) is 129 Å². The first-order valence-electron chi connectivity index (χ1n) is 15.9. The van der Waals surface area contributed by atoms with E-state index in [0.717, 1.165) is 43.2 Å². The number of nitriles is 1. The summed E-state index contributed by atoms with van der Waals surface area (Å²) >= 11 is 0. The minimum Gasteiger partial charge on any atom is -0.492 e. The van der Waals surface area contributed by atoms with Gasteiger partial charge in [0.15, 0.2) is 12.0 Å². The van der Waals surface area contributed by atoms with E-state index in [-0.39, 0.29) is 12.5 Å². The number of esters is 1. The molecule has 0 saturated heterocycles. The molecular weight excluding hydrogens is 517 g/mol. The maximum atomic E-state index is 13.9. The van der Waals surface area contributed by atoms with Gasteiger partial charge < -0.3 is 9.47 Å². The highest BCUT2D eigenvalue weighted by Gasteiger charge is 2.27. The Hall–Kier alpha value is -3.01. The number of aryl methyl sites for hydroxylation is 1. The van der Waals surface area contributed by atoms with Gasteiger partial charge in [0, 0.05) is 18.0 Å². The predicted molar refractivity (Wildman–Crippen MR) is 160 cm³/mol. The highest BCUT2D eigenvalue weighted by atomic mass is 19.1. The van der Waals surface area contributed by atoms with Crippen LogP contribution in [0.3, 0.4) is 0 Å². The van der Waals surface area contributed by atoms with E-state index in [1.807, 2.05) is 31.5 Å². The summed E-state index contributed by atoms with van der Waals surface area (Å²) in [5.74, 6) is 0.728. The molecule has 2 aromatic rings. The molecule has 1 aromatic heterocycles. The molecule has 1 heterocycles. The molecule has 0 unspecified atom stereocenters. The summed E-state index contributed by atoms with van der Waals surface area (Å²) in [6.45, 7) is 4.71. The van der Waals surface area contributed by atoms with Crippen LogP contribution in [0.4, 0.5) is 4.39 Å². The Morgan fingerprint density at radius 2 is 1.63 bits per heavy atom. The van der Waals surface area contributed by atoms with Crippen LogP contribution >= 0.6 is 0 Å². The third-order valence-electron chi connectivity index (χ3n) is 8.00. The van der Waals surface area contributed by atoms with Crippen LogP contribution in [0.2, 0.25) is 0 Å². The topological polar surface area (TPSA) is 85.1 Å². The third kappa shape index (κ3) is 11.4. The van der Waals surface area contributed by atoms with Crippen molar-refractivity contribution >= 4 is 5.97 Å². The van der Waals surface area contributed by atoms with Crippen LogP contribution in [0.5, 0.6) is 5.75 Å². The largest absolute Gasteiger partial charge is 0.492 e. The van der Waals surface area contributed by atoms with Crippen molar-refractivity contribution in [3.8, 4) is 23.2 Å². The highest BCUT2D eigenvalue weighted by Crippen LogP contribution is 2.30. The number of halogens is 1. The molecule has 224 valence electrons. The second-order valence-corrected chi connectivity index (χ2v) is 11.5. The van der Waals surface area contributed by atoms with Gasteiger partial charge in [0.05, 0.1) is 12.2 Å². The molecule has 1 saturated carbocycles. The fraction of sp³-hybridized carbons (Fsp3) is 0.647. The molecule has 0 bridgehead atoms. The molecular formula is C34H48FN3O3. The maximum Gasteiger partial charge on any atom is 0.340 e. The lowest BCUT2D eigenvalue weighted by Crippen LogP contribution is -2.30. The molecule has 0 N–H and O–H groups in total. The number of hydrogen-bond acceptors (Lipinski definition) is 6. The summed E-state index contributed by atoms with van der Waals surface area (Å²) in [4.78, 5) is 21.1. The SMILES string of the molecule is CCCCCCCCCCc1cnc(-c2ccc(OCC3CCC(OC(=O)[C@@H](F)CCCC)CC3)c(C#N)c2)nc1. The summed E-state index contributed by atoms with van der Waals surface area (Å²) in [5, 5.41) is 9.74. The quantitative estimate of drug-likeness (QED) is 0.133. The molecule has 7 heteroatoms. The van der Waals surface area contributed by atoms with Crippen LogP contribution in [-0.2, 0) is 16.0 Å². The van der Waals surface area contributed by atoms with Crippen molar-refractivity contribution in [3.63, 3.8) is 0 Å². The van der Waals surface area contributed by atoms with E-state index in [0.29, 0.717) is 48.9 Å². The summed E-state index contributed by atoms with van der Waals surface area (Å²) in [5.41, 5.74) is 2.39. The number of nitrogens with zero attached hydrogens (tertiary/aromatic N) is 3. The van der Waals surface area contributed by atoms with Gasteiger partial charge in [0.1, 0.15) is 17.9 Å². The van der Waals surface area contributed by atoms with Gasteiger partial charge in [-0.05, 0) is 74.6 Å². The Bertz CT molecular complexity index is 1080. The molecule has 1 atom stereocenters. The standard InChI is InChI=1S/C34H48FN3O3/c1-3-5-7-8-9-10-11-12-13-27-23-37-33(38-24-27)28-17-20-32(29(21-28)22-36)40-25-26-15-18-30(19-16-26)41-34(39)31(35)14-6-4-2/h17,20-21,23-24,26,30-31H,3-16,18-19,25H2,1-2H3/t26?,30?,31-/m0/s1. The number of unbranched alkanes of at least 4 members (excludes halogenated alkanes) is 8. The first-order chi connectivity index (χ1) is 20.0. The first-order valence-corrected chi connectivity index (χ1v) is 15.9. The molecule has 0 radical (unpaired) electrons. The van der Waals surface area contributed by atoms with Gasteiger partial charge in [0.2, 0.25) is 0 Å². The number of hydrogen-bond donors (Lipinski definition) is 0. The smallest absolute Gasteiger partial charge is 0.340 e. The second kappa shape index (κ2) is 18.4. The summed E-state index contributed by atoms with van der Waals surface area (Å²) in [6, 6.07) is 7.73. The van der Waals surface area contributed by atoms with E-state index in [1.54, 1.807) is 6.07 Å². The zero-order valence-corrected chi connectivity index (χ0v) is 25.1. The van der Waals surface area contributed by atoms with Crippen LogP contribution in [0.15, 0.2) is 30.6 Å². The average Bonchev–Trinajstić information content (AvgIpc) is 3.01. The number of rotatable bonds is 18. The fourth-order valence-electron chi connectivity index (χ4n) is 5.34. The molecule has 1 aromatic carbocycles. The van der Waals surface area contributed by atoms with Crippen molar-refractivity contribution in [3.05, 3.63) is 41.7 Å². The molecule has 3 rings (SSSR count). The Kier molecular flexibility index (Phi) is 14.6. The van der Waals surface area contributed by atoms with E-state index in [1.165, 1.54) is 44.9 Å². The molecule has 1 fully saturated rings. The van der Waals surface area contributed by atoms with Crippen LogP contribution < -0.4 is 4.74 Å². The van der Waals surface area contributed by atoms with Crippen LogP contribution in [0, 0.1) is 17.2 Å². The van der Waals surface area contributed by atoms with Gasteiger partial charge in [-0.1, -0.05) is 71.6 Å². The number of aromatic nitrogens is 2. The summed E-state index contributed by atoms with van der Waals surface area (Å²) in [6.07, 6.45) is 18.3. The minimum atomic E-state index is -1.52. The average molecular weight is 566 g/mol. The Labute approximate surface area is 246 Å². The lowest BCUT2D eigenvalue weighted by Gasteiger charge is -2.28. The predicted octanol–water partition coefficient (Wildman–Crippen LogP) is 8.71. The van der Waals surface area contributed by atoms with Crippen LogP contribution in [0.25, 0.3) is 11.4 Å². The van der Waals surface area contributed by atoms with E-state index < -0.39 is 12.1 Å². The minimum absolute atomic E-state index is 0.223. The van der Waals surface area contributed by atoms with Gasteiger partial charge >= 0.3 is 5.97 Å². The molecule has 1 aliphatic rings. The number of carbonyl (C=O) groups excluding carboxylic acids is 1. The number of ether oxygens (including phenoxy) is 2. The number of alkyl halides is 1. The van der Waals surface area contributed by atoms with Gasteiger partial charge in [-0.2, -0.15) is 5.26 Å². The first kappa shape index (κ1) is 32.5. The third-order valence-corrected chi connectivity index (χ3v) is 8.00. The van der Waals surface area contributed by atoms with E-state index >= 15 is 0 Å². The van der Waals surface area contributed by atoms with Crippen molar-refractivity contribution in [1.82, 2.24) is 9.97 Å². The van der Waals surface area contributed by atoms with Crippen LogP contribution in [0.1, 0.15) is 121 Å². The molecule has 0 aliphatic heterocycles. The van der Waals surface area contributed by atoms with Crippen molar-refractivity contribution in [2.24, 2.45) is 5.92 Å². The Balaban J connectivity index is 1.41. The van der Waals surface area contributed by atoms with Gasteiger partial charge in [-0.3, -0.25) is 0 Å². The Morgan fingerprint density at radius 1 is 0.976 bits per heavy atom. The van der Waals surface area contributed by atoms with Crippen molar-refractivity contribution < 1.29 is 18.7 Å². The van der Waals surface area contributed by atoms with Gasteiger partial charge in [-0.15, -0.1) is 0 Å². The number of benzene rings is 1. The molecule has 41 heavy (non-hydrogen) atoms. The lowest BCUT2D eigenvalue weighted by molar-refractivity contribution is -0.157. The van der Waals surface area contributed by atoms with Crippen molar-refractivity contribution in [2.75, 3.05) is 6.61 Å². The number of carbonyl (C=O) groups is 1. The van der Waals surface area contributed by atoms with Crippen molar-refractivity contribution in [1.29, 1.82) is 5.26 Å². The van der Waals surface area contributed by atoms with E-state index in [4.69, 9.17) is 9.47 Å². The Morgan fingerprint density at radius 3 is 2.29 bits per heavy atom. The summed E-state index contributed by atoms with van der Waals surface area (Å²) in [7, 11) is 0. The molecule has 0 amide bonds. The zero-order chi connectivity index (χ0) is 29.3. The van der Waals surface area contributed by atoms with E-state index in [2.05, 4.69) is 23.0 Å². The molecule has 1 aliphatic carbocycles. The van der Waals surface area contributed by atoms with E-state index in [9.17, 15) is 14.4 Å². The molecule has 0 spiro atoms. The summed E-state index contributed by atoms with van der Waals surface area (Å²) < 4.78 is 25.4. The zero-order valence-electron chi connectivity index (χ0n) is 25.1.